The number of anilines is 1. The lowest BCUT2D eigenvalue weighted by atomic mass is 9.98. The minimum Gasteiger partial charge on any atom is -0.477 e. The minimum absolute atomic E-state index is 0.482. The fourth-order valence-corrected chi connectivity index (χ4v) is 3.82. The molecule has 2 aliphatic rings. The van der Waals surface area contributed by atoms with E-state index in [0.717, 1.165) is 37.3 Å². The number of ether oxygens (including phenoxy) is 1. The molecule has 5 rings (SSSR count). The first-order valence-corrected chi connectivity index (χ1v) is 9.88. The third kappa shape index (κ3) is 3.38. The standard InChI is InChI=1S/C21H22N6O/c22-13-16-3-6-23-20(11-16)28-14-15-4-8-26(9-5-15)21-19-12-18(17-1-2-17)25-27(19)10-7-24-21/h3,6-7,10-12,15,17H,1-2,4-5,8-9,14H2. The van der Waals surface area contributed by atoms with E-state index >= 15 is 0 Å². The lowest BCUT2D eigenvalue weighted by molar-refractivity contribution is 0.216. The van der Waals surface area contributed by atoms with E-state index in [0.29, 0.717) is 29.9 Å². The van der Waals surface area contributed by atoms with Crippen LogP contribution in [0.25, 0.3) is 5.52 Å². The van der Waals surface area contributed by atoms with E-state index in [4.69, 9.17) is 15.1 Å². The first-order chi connectivity index (χ1) is 13.8. The van der Waals surface area contributed by atoms with Crippen LogP contribution in [0.1, 0.15) is 42.9 Å². The summed E-state index contributed by atoms with van der Waals surface area (Å²) < 4.78 is 7.80. The maximum Gasteiger partial charge on any atom is 0.214 e. The Bertz CT molecular complexity index is 1030. The molecule has 1 saturated carbocycles. The number of rotatable bonds is 5. The van der Waals surface area contributed by atoms with E-state index in [1.165, 1.54) is 18.5 Å². The molecule has 142 valence electrons. The van der Waals surface area contributed by atoms with Gasteiger partial charge < -0.3 is 9.64 Å². The summed E-state index contributed by atoms with van der Waals surface area (Å²) in [7, 11) is 0. The van der Waals surface area contributed by atoms with Gasteiger partial charge in [0.1, 0.15) is 5.52 Å². The van der Waals surface area contributed by atoms with Gasteiger partial charge in [0.2, 0.25) is 5.88 Å². The van der Waals surface area contributed by atoms with Gasteiger partial charge in [0, 0.05) is 43.7 Å². The number of hydrogen-bond donors (Lipinski definition) is 0. The molecule has 3 aromatic heterocycles. The number of aromatic nitrogens is 4. The van der Waals surface area contributed by atoms with Crippen molar-refractivity contribution in [2.45, 2.75) is 31.6 Å². The largest absolute Gasteiger partial charge is 0.477 e. The van der Waals surface area contributed by atoms with Crippen LogP contribution in [0, 0.1) is 17.2 Å². The molecule has 0 unspecified atom stereocenters. The van der Waals surface area contributed by atoms with Crippen LogP contribution in [0.15, 0.2) is 36.8 Å². The van der Waals surface area contributed by atoms with Gasteiger partial charge in [-0.1, -0.05) is 0 Å². The van der Waals surface area contributed by atoms with Gasteiger partial charge in [-0.2, -0.15) is 10.4 Å². The number of nitriles is 1. The predicted octanol–water partition coefficient (Wildman–Crippen LogP) is 3.17. The highest BCUT2D eigenvalue weighted by Crippen LogP contribution is 2.40. The van der Waals surface area contributed by atoms with Crippen LogP contribution < -0.4 is 9.64 Å². The lowest BCUT2D eigenvalue weighted by Gasteiger charge is -2.32. The highest BCUT2D eigenvalue weighted by molar-refractivity contribution is 5.69. The molecule has 1 saturated heterocycles. The van der Waals surface area contributed by atoms with Gasteiger partial charge >= 0.3 is 0 Å². The Morgan fingerprint density at radius 1 is 1.11 bits per heavy atom. The van der Waals surface area contributed by atoms with Crippen LogP contribution >= 0.6 is 0 Å². The molecule has 0 spiro atoms. The van der Waals surface area contributed by atoms with Crippen molar-refractivity contribution in [3.8, 4) is 11.9 Å². The molecular formula is C21H22N6O. The summed E-state index contributed by atoms with van der Waals surface area (Å²) in [5.74, 6) is 2.68. The van der Waals surface area contributed by atoms with E-state index in [1.54, 1.807) is 18.3 Å². The smallest absolute Gasteiger partial charge is 0.214 e. The first-order valence-electron chi connectivity index (χ1n) is 9.88. The van der Waals surface area contributed by atoms with Crippen molar-refractivity contribution in [3.05, 3.63) is 48.0 Å². The Balaban J connectivity index is 1.22. The summed E-state index contributed by atoms with van der Waals surface area (Å²) in [5, 5.41) is 13.7. The Labute approximate surface area is 163 Å². The summed E-state index contributed by atoms with van der Waals surface area (Å²) in [6, 6.07) is 7.70. The van der Waals surface area contributed by atoms with Gasteiger partial charge in [0.05, 0.1) is 23.9 Å². The van der Waals surface area contributed by atoms with Gasteiger partial charge in [-0.15, -0.1) is 0 Å². The van der Waals surface area contributed by atoms with Crippen molar-refractivity contribution in [2.75, 3.05) is 24.6 Å². The quantitative estimate of drug-likeness (QED) is 0.682. The van der Waals surface area contributed by atoms with E-state index in [1.807, 2.05) is 16.9 Å². The van der Waals surface area contributed by atoms with Crippen LogP contribution in [0.5, 0.6) is 5.88 Å². The summed E-state index contributed by atoms with van der Waals surface area (Å²) in [5.41, 5.74) is 2.88. The zero-order chi connectivity index (χ0) is 18.9. The lowest BCUT2D eigenvalue weighted by Crippen LogP contribution is -2.36. The molecular weight excluding hydrogens is 352 g/mol. The Hall–Kier alpha value is -3.14. The first kappa shape index (κ1) is 17.0. The summed E-state index contributed by atoms with van der Waals surface area (Å²) in [4.78, 5) is 11.2. The van der Waals surface area contributed by atoms with Crippen molar-refractivity contribution in [1.29, 1.82) is 5.26 Å². The molecule has 28 heavy (non-hydrogen) atoms. The van der Waals surface area contributed by atoms with Gasteiger partial charge in [-0.3, -0.25) is 0 Å². The Morgan fingerprint density at radius 3 is 2.75 bits per heavy atom. The second-order valence-electron chi connectivity index (χ2n) is 7.66. The molecule has 3 aromatic rings. The molecule has 4 heterocycles. The third-order valence-corrected chi connectivity index (χ3v) is 5.63. The van der Waals surface area contributed by atoms with Crippen LogP contribution in [0.2, 0.25) is 0 Å². The number of nitrogens with zero attached hydrogens (tertiary/aromatic N) is 6. The minimum atomic E-state index is 0.482. The number of hydrogen-bond acceptors (Lipinski definition) is 6. The highest BCUT2D eigenvalue weighted by Gasteiger charge is 2.28. The summed E-state index contributed by atoms with van der Waals surface area (Å²) in [6.07, 6.45) is 10.00. The average molecular weight is 374 g/mol. The molecule has 0 atom stereocenters. The van der Waals surface area contributed by atoms with Gasteiger partial charge in [0.25, 0.3) is 0 Å². The maximum absolute atomic E-state index is 8.98. The van der Waals surface area contributed by atoms with Crippen molar-refractivity contribution >= 4 is 11.3 Å². The van der Waals surface area contributed by atoms with Crippen LogP contribution in [0.3, 0.4) is 0 Å². The molecule has 0 N–H and O–H groups in total. The molecule has 7 heteroatoms. The second-order valence-corrected chi connectivity index (χ2v) is 7.66. The van der Waals surface area contributed by atoms with Crippen LogP contribution in [-0.2, 0) is 0 Å². The monoisotopic (exact) mass is 374 g/mol. The predicted molar refractivity (Wildman–Crippen MR) is 104 cm³/mol. The Kier molecular flexibility index (Phi) is 4.32. The molecule has 1 aliphatic heterocycles. The molecule has 0 amide bonds. The van der Waals surface area contributed by atoms with Crippen molar-refractivity contribution in [2.24, 2.45) is 5.92 Å². The van der Waals surface area contributed by atoms with E-state index in [2.05, 4.69) is 27.0 Å². The van der Waals surface area contributed by atoms with Crippen molar-refractivity contribution in [3.63, 3.8) is 0 Å². The molecule has 0 radical (unpaired) electrons. The molecule has 7 nitrogen and oxygen atoms in total. The molecule has 1 aliphatic carbocycles. The maximum atomic E-state index is 8.98. The molecule has 0 bridgehead atoms. The fourth-order valence-electron chi connectivity index (χ4n) is 3.82. The average Bonchev–Trinajstić information content (AvgIpc) is 3.51. The van der Waals surface area contributed by atoms with E-state index in [-0.39, 0.29) is 0 Å². The SMILES string of the molecule is N#Cc1ccnc(OCC2CCN(c3nccn4nc(C5CC5)cc34)CC2)c1. The van der Waals surface area contributed by atoms with Gasteiger partial charge in [0.15, 0.2) is 5.82 Å². The van der Waals surface area contributed by atoms with Crippen LogP contribution in [-0.4, -0.2) is 39.3 Å². The molecule has 0 aromatic carbocycles. The summed E-state index contributed by atoms with van der Waals surface area (Å²) in [6.45, 7) is 2.54. The second kappa shape index (κ2) is 7.12. The third-order valence-electron chi connectivity index (χ3n) is 5.63. The van der Waals surface area contributed by atoms with Crippen molar-refractivity contribution < 1.29 is 4.74 Å². The topological polar surface area (TPSA) is 79.3 Å². The van der Waals surface area contributed by atoms with Gasteiger partial charge in [-0.25, -0.2) is 14.5 Å². The fraction of sp³-hybridized carbons (Fsp3) is 0.429. The van der Waals surface area contributed by atoms with E-state index in [9.17, 15) is 0 Å². The number of fused-ring (bicyclic) bond motifs is 1. The molecule has 2 fully saturated rings. The van der Waals surface area contributed by atoms with E-state index < -0.39 is 0 Å². The summed E-state index contributed by atoms with van der Waals surface area (Å²) >= 11 is 0. The Morgan fingerprint density at radius 2 is 1.96 bits per heavy atom. The van der Waals surface area contributed by atoms with Gasteiger partial charge in [-0.05, 0) is 43.7 Å². The zero-order valence-electron chi connectivity index (χ0n) is 15.7. The number of piperidine rings is 1. The number of pyridine rings is 1. The van der Waals surface area contributed by atoms with Crippen LogP contribution in [0.4, 0.5) is 5.82 Å². The zero-order valence-corrected chi connectivity index (χ0v) is 15.7. The highest BCUT2D eigenvalue weighted by atomic mass is 16.5. The normalized spacial score (nSPS) is 17.6. The van der Waals surface area contributed by atoms with Crippen molar-refractivity contribution in [1.82, 2.24) is 19.6 Å².